The van der Waals surface area contributed by atoms with Gasteiger partial charge in [-0.1, -0.05) is 0 Å². The first-order valence-corrected chi connectivity index (χ1v) is 9.21. The first-order valence-electron chi connectivity index (χ1n) is 9.21. The summed E-state index contributed by atoms with van der Waals surface area (Å²) < 4.78 is 6.03. The second-order valence-electron chi connectivity index (χ2n) is 7.04. The molecule has 0 unspecified atom stereocenters. The third kappa shape index (κ3) is 3.79. The lowest BCUT2D eigenvalue weighted by molar-refractivity contribution is -0.134. The first kappa shape index (κ1) is 16.4. The Bertz CT molecular complexity index is 627. The van der Waals surface area contributed by atoms with Gasteiger partial charge in [0.05, 0.1) is 13.2 Å². The van der Waals surface area contributed by atoms with Crippen LogP contribution in [0.4, 0.5) is 0 Å². The van der Waals surface area contributed by atoms with Crippen molar-refractivity contribution in [3.8, 4) is 5.75 Å². The third-order valence-corrected chi connectivity index (χ3v) is 5.06. The number of ether oxygens (including phenoxy) is 1. The van der Waals surface area contributed by atoms with Gasteiger partial charge in [-0.15, -0.1) is 0 Å². The molecule has 1 aliphatic carbocycles. The maximum absolute atomic E-state index is 12.2. The fraction of sp³-hybridized carbons (Fsp3) is 0.579. The molecule has 2 amide bonds. The van der Waals surface area contributed by atoms with E-state index in [1.807, 2.05) is 17.0 Å². The van der Waals surface area contributed by atoms with Crippen LogP contribution in [0.25, 0.3) is 0 Å². The average molecular weight is 344 g/mol. The number of likely N-dealkylation sites (tertiary alicyclic amines) is 1. The number of amides is 2. The third-order valence-electron chi connectivity index (χ3n) is 5.06. The normalized spacial score (nSPS) is 21.4. The maximum atomic E-state index is 12.2. The predicted octanol–water partition coefficient (Wildman–Crippen LogP) is 2.24. The minimum Gasteiger partial charge on any atom is -0.490 e. The summed E-state index contributed by atoms with van der Waals surface area (Å²) in [6.07, 6.45) is 4.86. The van der Waals surface area contributed by atoms with Crippen LogP contribution in [-0.4, -0.2) is 54.1 Å². The quantitative estimate of drug-likeness (QED) is 0.840. The predicted molar refractivity (Wildman–Crippen MR) is 91.0 cm³/mol. The summed E-state index contributed by atoms with van der Waals surface area (Å²) in [4.78, 5) is 31.6. The standard InChI is InChI=1S/C19H24N2O4/c22-18(14-2-3-14)20-11-8-17(9-12-20)25-16-6-4-15(5-7-16)19(23)21-10-1-13-24-21/h4-7,14,17H,1-3,8-13H2. The topological polar surface area (TPSA) is 59.1 Å². The van der Waals surface area contributed by atoms with Crippen molar-refractivity contribution in [3.05, 3.63) is 29.8 Å². The van der Waals surface area contributed by atoms with Crippen LogP contribution >= 0.6 is 0 Å². The van der Waals surface area contributed by atoms with E-state index in [1.54, 1.807) is 12.1 Å². The molecular weight excluding hydrogens is 320 g/mol. The van der Waals surface area contributed by atoms with Gasteiger partial charge in [0.1, 0.15) is 11.9 Å². The van der Waals surface area contributed by atoms with Crippen LogP contribution in [0.2, 0.25) is 0 Å². The molecule has 1 aromatic rings. The summed E-state index contributed by atoms with van der Waals surface area (Å²) >= 11 is 0. The monoisotopic (exact) mass is 344 g/mol. The number of benzene rings is 1. The number of nitrogens with zero attached hydrogens (tertiary/aromatic N) is 2. The lowest BCUT2D eigenvalue weighted by Gasteiger charge is -2.32. The van der Waals surface area contributed by atoms with Gasteiger partial charge in [-0.25, -0.2) is 5.06 Å². The zero-order valence-electron chi connectivity index (χ0n) is 14.4. The molecule has 134 valence electrons. The Hall–Kier alpha value is -2.08. The molecule has 0 spiro atoms. The SMILES string of the molecule is O=C(C1CC1)N1CCC(Oc2ccc(C(=O)N3CCCO3)cc2)CC1. The van der Waals surface area contributed by atoms with Crippen molar-refractivity contribution in [2.24, 2.45) is 5.92 Å². The maximum Gasteiger partial charge on any atom is 0.277 e. The van der Waals surface area contributed by atoms with Crippen LogP contribution in [0, 0.1) is 5.92 Å². The van der Waals surface area contributed by atoms with E-state index >= 15 is 0 Å². The van der Waals surface area contributed by atoms with Crippen molar-refractivity contribution in [2.45, 2.75) is 38.2 Å². The summed E-state index contributed by atoms with van der Waals surface area (Å²) in [5.74, 6) is 1.29. The Labute approximate surface area is 147 Å². The lowest BCUT2D eigenvalue weighted by Crippen LogP contribution is -2.42. The molecule has 6 nitrogen and oxygen atoms in total. The number of hydroxylamine groups is 2. The molecule has 3 fully saturated rings. The van der Waals surface area contributed by atoms with Gasteiger partial charge < -0.3 is 9.64 Å². The molecule has 6 heteroatoms. The van der Waals surface area contributed by atoms with Crippen LogP contribution in [0.15, 0.2) is 24.3 Å². The van der Waals surface area contributed by atoms with E-state index in [1.165, 1.54) is 5.06 Å². The van der Waals surface area contributed by atoms with Crippen LogP contribution in [0.1, 0.15) is 42.5 Å². The highest BCUT2D eigenvalue weighted by Crippen LogP contribution is 2.32. The van der Waals surface area contributed by atoms with Crippen molar-refractivity contribution in [3.63, 3.8) is 0 Å². The van der Waals surface area contributed by atoms with Crippen molar-refractivity contribution >= 4 is 11.8 Å². The van der Waals surface area contributed by atoms with Gasteiger partial charge >= 0.3 is 0 Å². The molecule has 0 atom stereocenters. The summed E-state index contributed by atoms with van der Waals surface area (Å²) in [5, 5.41) is 1.42. The van der Waals surface area contributed by atoms with E-state index in [0.717, 1.165) is 50.9 Å². The molecule has 2 saturated heterocycles. The molecular formula is C19H24N2O4. The van der Waals surface area contributed by atoms with Gasteiger partial charge in [-0.05, 0) is 43.5 Å². The van der Waals surface area contributed by atoms with E-state index in [4.69, 9.17) is 9.57 Å². The molecule has 1 aromatic carbocycles. The number of carbonyl (C=O) groups is 2. The van der Waals surface area contributed by atoms with Crippen molar-refractivity contribution < 1.29 is 19.2 Å². The molecule has 0 N–H and O–H groups in total. The first-order chi connectivity index (χ1) is 12.2. The van der Waals surface area contributed by atoms with E-state index < -0.39 is 0 Å². The summed E-state index contributed by atoms with van der Waals surface area (Å²) in [7, 11) is 0. The molecule has 0 bridgehead atoms. The van der Waals surface area contributed by atoms with Gasteiger partial charge in [0.25, 0.3) is 5.91 Å². The lowest BCUT2D eigenvalue weighted by atomic mass is 10.1. The largest absolute Gasteiger partial charge is 0.490 e. The highest BCUT2D eigenvalue weighted by Gasteiger charge is 2.35. The Kier molecular flexibility index (Phi) is 4.61. The van der Waals surface area contributed by atoms with Crippen molar-refractivity contribution in [2.75, 3.05) is 26.2 Å². The Morgan fingerprint density at radius 2 is 1.72 bits per heavy atom. The molecule has 25 heavy (non-hydrogen) atoms. The number of hydrogen-bond acceptors (Lipinski definition) is 4. The van der Waals surface area contributed by atoms with E-state index in [0.29, 0.717) is 30.5 Å². The van der Waals surface area contributed by atoms with Gasteiger partial charge in [-0.2, -0.15) is 0 Å². The van der Waals surface area contributed by atoms with E-state index in [-0.39, 0.29) is 12.0 Å². The number of piperidine rings is 1. The minimum atomic E-state index is -0.101. The Morgan fingerprint density at radius 1 is 1.00 bits per heavy atom. The average Bonchev–Trinajstić information content (AvgIpc) is 3.36. The zero-order valence-corrected chi connectivity index (χ0v) is 14.4. The van der Waals surface area contributed by atoms with E-state index in [9.17, 15) is 9.59 Å². The van der Waals surface area contributed by atoms with Crippen LogP contribution in [-0.2, 0) is 9.63 Å². The fourth-order valence-electron chi connectivity index (χ4n) is 3.40. The molecule has 3 aliphatic rings. The second-order valence-corrected chi connectivity index (χ2v) is 7.04. The second kappa shape index (κ2) is 7.04. The smallest absolute Gasteiger partial charge is 0.277 e. The van der Waals surface area contributed by atoms with Gasteiger partial charge in [0.15, 0.2) is 0 Å². The zero-order chi connectivity index (χ0) is 17.2. The highest BCUT2D eigenvalue weighted by atomic mass is 16.7. The van der Waals surface area contributed by atoms with Crippen LogP contribution < -0.4 is 4.74 Å². The van der Waals surface area contributed by atoms with Crippen molar-refractivity contribution in [1.29, 1.82) is 0 Å². The molecule has 2 aliphatic heterocycles. The molecule has 0 radical (unpaired) electrons. The molecule has 2 heterocycles. The van der Waals surface area contributed by atoms with E-state index in [2.05, 4.69) is 0 Å². The number of carbonyl (C=O) groups excluding carboxylic acids is 2. The summed E-state index contributed by atoms with van der Waals surface area (Å²) in [6, 6.07) is 7.24. The molecule has 1 saturated carbocycles. The Balaban J connectivity index is 1.28. The highest BCUT2D eigenvalue weighted by molar-refractivity contribution is 5.93. The van der Waals surface area contributed by atoms with Crippen molar-refractivity contribution in [1.82, 2.24) is 9.96 Å². The molecule has 4 rings (SSSR count). The number of hydrogen-bond donors (Lipinski definition) is 0. The van der Waals surface area contributed by atoms with Crippen LogP contribution in [0.3, 0.4) is 0 Å². The summed E-state index contributed by atoms with van der Waals surface area (Å²) in [5.41, 5.74) is 0.610. The van der Waals surface area contributed by atoms with Crippen LogP contribution in [0.5, 0.6) is 5.75 Å². The number of rotatable bonds is 4. The van der Waals surface area contributed by atoms with Gasteiger partial charge in [-0.3, -0.25) is 14.4 Å². The minimum absolute atomic E-state index is 0.101. The summed E-state index contributed by atoms with van der Waals surface area (Å²) in [6.45, 7) is 2.82. The Morgan fingerprint density at radius 3 is 2.32 bits per heavy atom. The van der Waals surface area contributed by atoms with Gasteiger partial charge in [0, 0.05) is 37.4 Å². The van der Waals surface area contributed by atoms with Gasteiger partial charge in [0.2, 0.25) is 5.91 Å². The molecule has 0 aromatic heterocycles. The fourth-order valence-corrected chi connectivity index (χ4v) is 3.40.